The molecule has 1 aromatic heterocycles. The number of aromatic nitrogens is 2. The van der Waals surface area contributed by atoms with Gasteiger partial charge in [-0.3, -0.25) is 4.79 Å². The third kappa shape index (κ3) is 7.30. The quantitative estimate of drug-likeness (QED) is 0.265. The lowest BCUT2D eigenvalue weighted by Gasteiger charge is -2.36. The van der Waals surface area contributed by atoms with E-state index in [1.807, 2.05) is 37.3 Å². The Balaban J connectivity index is 1.54. The fourth-order valence-electron chi connectivity index (χ4n) is 3.49. The molecule has 0 saturated carbocycles. The second-order valence-corrected chi connectivity index (χ2v) is 12.6. The number of amides is 1. The number of rotatable bonds is 7. The van der Waals surface area contributed by atoms with Crippen molar-refractivity contribution >= 4 is 69.5 Å². The van der Waals surface area contributed by atoms with Crippen LogP contribution in [0.1, 0.15) is 40.5 Å². The molecule has 1 saturated heterocycles. The Morgan fingerprint density at radius 2 is 1.94 bits per heavy atom. The smallest absolute Gasteiger partial charge is 0.276 e. The summed E-state index contributed by atoms with van der Waals surface area (Å²) in [5.41, 5.74) is 2.98. The summed E-state index contributed by atoms with van der Waals surface area (Å²) in [7, 11) is 0. The molecule has 4 rings (SSSR count). The third-order valence-electron chi connectivity index (χ3n) is 5.19. The number of alkyl halides is 3. The number of ether oxygens (including phenoxy) is 2. The first-order valence-corrected chi connectivity index (χ1v) is 13.6. The minimum absolute atomic E-state index is 0.0230. The highest BCUT2D eigenvalue weighted by Crippen LogP contribution is 2.40. The number of nitrogens with one attached hydrogen (secondary N) is 1. The van der Waals surface area contributed by atoms with Gasteiger partial charge in [0.25, 0.3) is 9.70 Å². The number of halogens is 3. The van der Waals surface area contributed by atoms with Crippen LogP contribution in [0.3, 0.4) is 0 Å². The molecule has 0 spiro atoms. The number of nitrogens with zero attached hydrogens (tertiary/aromatic N) is 2. The highest BCUT2D eigenvalue weighted by atomic mass is 35.6. The van der Waals surface area contributed by atoms with Crippen LogP contribution in [0.2, 0.25) is 0 Å². The van der Waals surface area contributed by atoms with E-state index in [2.05, 4.69) is 15.5 Å². The number of thioether (sulfide) groups is 1. The zero-order valence-electron chi connectivity index (χ0n) is 18.5. The lowest BCUT2D eigenvalue weighted by molar-refractivity contribution is -0.245. The molecule has 35 heavy (non-hydrogen) atoms. The normalized spacial score (nSPS) is 20.5. The molecule has 3 unspecified atom stereocenters. The molecule has 1 fully saturated rings. The van der Waals surface area contributed by atoms with Crippen molar-refractivity contribution in [2.24, 2.45) is 0 Å². The summed E-state index contributed by atoms with van der Waals surface area (Å²) in [6, 6.07) is 14.7. The average Bonchev–Trinajstić information content (AvgIpc) is 3.27. The molecule has 3 atom stereocenters. The Hall–Kier alpha value is -1.43. The van der Waals surface area contributed by atoms with Gasteiger partial charge in [0.2, 0.25) is 0 Å². The minimum atomic E-state index is -2.08. The maximum Gasteiger partial charge on any atom is 0.276 e. The fourth-order valence-corrected chi connectivity index (χ4v) is 5.49. The largest absolute Gasteiger partial charge is 0.392 e. The first-order valence-electron chi connectivity index (χ1n) is 10.6. The molecule has 0 radical (unpaired) electrons. The van der Waals surface area contributed by atoms with E-state index in [0.717, 1.165) is 20.5 Å². The van der Waals surface area contributed by atoms with Crippen LogP contribution in [-0.4, -0.2) is 36.9 Å². The number of benzene rings is 2. The van der Waals surface area contributed by atoms with E-state index in [9.17, 15) is 9.90 Å². The number of carbonyl (C=O) groups is 1. The molecule has 0 bridgehead atoms. The number of hydrogen-bond donors (Lipinski definition) is 2. The van der Waals surface area contributed by atoms with Crippen molar-refractivity contribution in [3.05, 3.63) is 70.2 Å². The standard InChI is InChI=1S/C23H22Cl3N3O4S2/c1-13-28-29-22(35-13)34-12-18-10-19(15-7-5-14(11-30)6-8-15)33-20(32-18)16-3-2-4-17(9-16)27-21(31)23(24,25)26/h2-9,18-20,30H,10-12H2,1H3,(H,27,31). The van der Waals surface area contributed by atoms with Crippen molar-refractivity contribution in [2.75, 3.05) is 11.1 Å². The number of anilines is 1. The monoisotopic (exact) mass is 573 g/mol. The summed E-state index contributed by atoms with van der Waals surface area (Å²) in [5, 5.41) is 21.1. The Morgan fingerprint density at radius 3 is 2.60 bits per heavy atom. The van der Waals surface area contributed by atoms with Gasteiger partial charge in [-0.25, -0.2) is 0 Å². The van der Waals surface area contributed by atoms with Crippen molar-refractivity contribution in [1.29, 1.82) is 0 Å². The van der Waals surface area contributed by atoms with Crippen LogP contribution in [0.15, 0.2) is 52.9 Å². The minimum Gasteiger partial charge on any atom is -0.392 e. The summed E-state index contributed by atoms with van der Waals surface area (Å²) >= 11 is 20.2. The molecule has 186 valence electrons. The van der Waals surface area contributed by atoms with Gasteiger partial charge in [0, 0.05) is 23.4 Å². The number of carbonyl (C=O) groups excluding carboxylic acids is 1. The molecule has 1 amide bonds. The Morgan fingerprint density at radius 1 is 1.17 bits per heavy atom. The first kappa shape index (κ1) is 26.6. The third-order valence-corrected chi connectivity index (χ3v) is 7.81. The molecular formula is C23H22Cl3N3O4S2. The fraction of sp³-hybridized carbons (Fsp3) is 0.348. The topological polar surface area (TPSA) is 93.6 Å². The molecule has 2 N–H and O–H groups in total. The van der Waals surface area contributed by atoms with E-state index in [1.165, 1.54) is 0 Å². The van der Waals surface area contributed by atoms with Crippen LogP contribution in [-0.2, 0) is 20.9 Å². The zero-order valence-corrected chi connectivity index (χ0v) is 22.4. The van der Waals surface area contributed by atoms with Gasteiger partial charge in [-0.05, 0) is 30.2 Å². The van der Waals surface area contributed by atoms with Crippen LogP contribution in [0.5, 0.6) is 0 Å². The molecule has 3 aromatic rings. The number of aryl methyl sites for hydroxylation is 1. The second-order valence-electron chi connectivity index (χ2n) is 7.83. The number of hydrogen-bond acceptors (Lipinski definition) is 8. The second kappa shape index (κ2) is 11.7. The van der Waals surface area contributed by atoms with Gasteiger partial charge in [0.1, 0.15) is 5.01 Å². The lowest BCUT2D eigenvalue weighted by atomic mass is 10.0. The van der Waals surface area contributed by atoms with E-state index in [4.69, 9.17) is 44.3 Å². The van der Waals surface area contributed by atoms with E-state index in [0.29, 0.717) is 23.4 Å². The van der Waals surface area contributed by atoms with E-state index in [1.54, 1.807) is 41.3 Å². The van der Waals surface area contributed by atoms with Gasteiger partial charge in [0.05, 0.1) is 18.8 Å². The van der Waals surface area contributed by atoms with E-state index >= 15 is 0 Å². The van der Waals surface area contributed by atoms with Gasteiger partial charge >= 0.3 is 0 Å². The van der Waals surface area contributed by atoms with Gasteiger partial charge in [-0.1, -0.05) is 94.3 Å². The molecule has 1 aliphatic rings. The van der Waals surface area contributed by atoms with Crippen molar-refractivity contribution in [2.45, 2.75) is 46.6 Å². The van der Waals surface area contributed by atoms with Crippen molar-refractivity contribution in [3.8, 4) is 0 Å². The van der Waals surface area contributed by atoms with Gasteiger partial charge in [-0.2, -0.15) is 0 Å². The van der Waals surface area contributed by atoms with Gasteiger partial charge < -0.3 is 19.9 Å². The van der Waals surface area contributed by atoms with Gasteiger partial charge in [-0.15, -0.1) is 10.2 Å². The number of aliphatic hydroxyl groups excluding tert-OH is 1. The maximum atomic E-state index is 12.1. The zero-order chi connectivity index (χ0) is 25.0. The molecular weight excluding hydrogens is 553 g/mol. The summed E-state index contributed by atoms with van der Waals surface area (Å²) in [6.45, 7) is 1.90. The summed E-state index contributed by atoms with van der Waals surface area (Å²) in [5.74, 6) is -0.0859. The molecule has 7 nitrogen and oxygen atoms in total. The van der Waals surface area contributed by atoms with Crippen molar-refractivity contribution < 1.29 is 19.4 Å². The van der Waals surface area contributed by atoms with Crippen molar-refractivity contribution in [1.82, 2.24) is 10.2 Å². The van der Waals surface area contributed by atoms with Gasteiger partial charge in [0.15, 0.2) is 10.6 Å². The maximum absolute atomic E-state index is 12.1. The predicted octanol–water partition coefficient (Wildman–Crippen LogP) is 5.99. The highest BCUT2D eigenvalue weighted by molar-refractivity contribution is 8.01. The van der Waals surface area contributed by atoms with Crippen LogP contribution >= 0.6 is 57.9 Å². The van der Waals surface area contributed by atoms with Crippen molar-refractivity contribution in [3.63, 3.8) is 0 Å². The molecule has 2 heterocycles. The summed E-state index contributed by atoms with van der Waals surface area (Å²) < 4.78 is 11.4. The van der Waals surface area contributed by atoms with Crippen LogP contribution < -0.4 is 5.32 Å². The molecule has 0 aliphatic carbocycles. The molecule has 12 heteroatoms. The van der Waals surface area contributed by atoms with Crippen LogP contribution in [0.4, 0.5) is 5.69 Å². The Kier molecular flexibility index (Phi) is 8.94. The first-order chi connectivity index (χ1) is 16.7. The number of aliphatic hydroxyl groups is 1. The Bertz CT molecular complexity index is 1160. The molecule has 1 aliphatic heterocycles. The van der Waals surface area contributed by atoms with E-state index < -0.39 is 16.0 Å². The van der Waals surface area contributed by atoms with Crippen LogP contribution in [0, 0.1) is 6.92 Å². The average molecular weight is 575 g/mol. The summed E-state index contributed by atoms with van der Waals surface area (Å²) in [4.78, 5) is 12.1. The SMILES string of the molecule is Cc1nnc(SCC2CC(c3ccc(CO)cc3)OC(c3cccc(NC(=O)C(Cl)(Cl)Cl)c3)O2)s1. The Labute approximate surface area is 226 Å². The summed E-state index contributed by atoms with van der Waals surface area (Å²) in [6.07, 6.45) is -0.408. The lowest BCUT2D eigenvalue weighted by Crippen LogP contribution is -2.31. The highest BCUT2D eigenvalue weighted by Gasteiger charge is 2.33. The van der Waals surface area contributed by atoms with E-state index in [-0.39, 0.29) is 18.8 Å². The molecule has 2 aromatic carbocycles. The predicted molar refractivity (Wildman–Crippen MR) is 139 cm³/mol. The van der Waals surface area contributed by atoms with Crippen LogP contribution in [0.25, 0.3) is 0 Å².